The van der Waals surface area contributed by atoms with Crippen molar-refractivity contribution in [3.63, 3.8) is 0 Å². The van der Waals surface area contributed by atoms with Crippen LogP contribution in [0.1, 0.15) is 324 Å². The van der Waals surface area contributed by atoms with Crippen molar-refractivity contribution in [2.75, 3.05) is 58.9 Å². The molecule has 100 heavy (non-hydrogen) atoms. The lowest BCUT2D eigenvalue weighted by Gasteiger charge is -2.35. The molecular formula is C81H163F8N9O2. The second-order valence-electron chi connectivity index (χ2n) is 34.5. The quantitative estimate of drug-likeness (QED) is 0.0275. The number of ether oxygens (including phenoxy) is 1. The van der Waals surface area contributed by atoms with E-state index < -0.39 is 30.0 Å². The Hall–Kier alpha value is -1.00. The van der Waals surface area contributed by atoms with Gasteiger partial charge in [0.05, 0.1) is 17.6 Å². The lowest BCUT2D eigenvalue weighted by molar-refractivity contribution is -0.354. The van der Waals surface area contributed by atoms with Crippen LogP contribution in [0, 0.1) is 52.8 Å². The van der Waals surface area contributed by atoms with E-state index in [0.717, 1.165) is 62.1 Å². The van der Waals surface area contributed by atoms with Gasteiger partial charge in [-0.2, -0.15) is 13.2 Å². The molecular weight excluding hydrogens is 1280 g/mol. The summed E-state index contributed by atoms with van der Waals surface area (Å²) in [5.41, 5.74) is -1.34. The molecule has 9 saturated carbocycles. The highest BCUT2D eigenvalue weighted by Gasteiger charge is 2.62. The highest BCUT2D eigenvalue weighted by molar-refractivity contribution is 4.99. The van der Waals surface area contributed by atoms with Gasteiger partial charge >= 0.3 is 12.5 Å². The van der Waals surface area contributed by atoms with Gasteiger partial charge in [0.25, 0.3) is 0 Å². The first-order chi connectivity index (χ1) is 46.9. The molecule has 0 aromatic rings. The van der Waals surface area contributed by atoms with Crippen LogP contribution >= 0.6 is 0 Å². The van der Waals surface area contributed by atoms with Crippen molar-refractivity contribution in [1.29, 1.82) is 0 Å². The SMILES string of the molecule is CC(C)NCC(O)C1CC1.CC(C)NCC1CC1.CC(C)NCCC1(C(F)(F)F)CC1.CC(C)NCCC1CC(F)(F)C1.CC(C)NCCC1CC(OC(F)(F)F)C1.CC(C)NCCC1CC1.CC(C)NCCC1CCC1.CC(C)NCCC1CCCC1.CC(C)NCCC1CCCCC1. The molecule has 10 N–H and O–H groups in total. The maximum absolute atomic E-state index is 12.4. The number of halogens is 8. The number of nitrogens with one attached hydrogen (secondary N) is 9. The summed E-state index contributed by atoms with van der Waals surface area (Å²) in [6.07, 6.45) is 26.6. The molecule has 0 aromatic carbocycles. The largest absolute Gasteiger partial charge is 0.522 e. The molecule has 0 saturated heterocycles. The molecule has 1 atom stereocenters. The Morgan fingerprint density at radius 1 is 0.360 bits per heavy atom. The van der Waals surface area contributed by atoms with Crippen LogP contribution < -0.4 is 47.9 Å². The average Bonchev–Trinajstić information content (AvgIpc) is 1.64. The monoisotopic (exact) mass is 1450 g/mol. The molecule has 9 fully saturated rings. The van der Waals surface area contributed by atoms with Gasteiger partial charge < -0.3 is 53.0 Å². The van der Waals surface area contributed by atoms with Crippen molar-refractivity contribution in [1.82, 2.24) is 47.9 Å². The van der Waals surface area contributed by atoms with Crippen LogP contribution in [0.5, 0.6) is 0 Å². The van der Waals surface area contributed by atoms with Crippen molar-refractivity contribution in [3.05, 3.63) is 0 Å². The first-order valence-corrected chi connectivity index (χ1v) is 41.3. The predicted octanol–water partition coefficient (Wildman–Crippen LogP) is 19.5. The summed E-state index contributed by atoms with van der Waals surface area (Å²) in [4.78, 5) is 0. The van der Waals surface area contributed by atoms with Crippen molar-refractivity contribution in [2.45, 2.75) is 409 Å². The molecule has 1 unspecified atom stereocenters. The lowest BCUT2D eigenvalue weighted by atomic mass is 9.79. The van der Waals surface area contributed by atoms with Gasteiger partial charge in [-0.3, -0.25) is 4.74 Å². The van der Waals surface area contributed by atoms with Crippen LogP contribution in [-0.4, -0.2) is 149 Å². The fourth-order valence-corrected chi connectivity index (χ4v) is 12.8. The second kappa shape index (κ2) is 54.6. The van der Waals surface area contributed by atoms with Gasteiger partial charge in [0.2, 0.25) is 5.92 Å². The fraction of sp³-hybridized carbons (Fsp3) is 1.00. The summed E-state index contributed by atoms with van der Waals surface area (Å²) in [6.45, 7) is 47.5. The average molecular weight is 1450 g/mol. The minimum absolute atomic E-state index is 0.0950. The fourth-order valence-electron chi connectivity index (χ4n) is 12.8. The van der Waals surface area contributed by atoms with Crippen molar-refractivity contribution < 1.29 is 45.0 Å². The van der Waals surface area contributed by atoms with Crippen LogP contribution in [0.25, 0.3) is 0 Å². The molecule has 11 nitrogen and oxygen atoms in total. The second-order valence-corrected chi connectivity index (χ2v) is 34.5. The summed E-state index contributed by atoms with van der Waals surface area (Å²) in [7, 11) is 0. The first-order valence-electron chi connectivity index (χ1n) is 41.3. The third-order valence-electron chi connectivity index (χ3n) is 20.4. The molecule has 0 radical (unpaired) electrons. The van der Waals surface area contributed by atoms with E-state index >= 15 is 0 Å². The minimum atomic E-state index is -4.47. The van der Waals surface area contributed by atoms with Crippen LogP contribution in [-0.2, 0) is 4.74 Å². The minimum Gasteiger partial charge on any atom is -0.392 e. The molecule has 0 aliphatic heterocycles. The van der Waals surface area contributed by atoms with E-state index in [1.165, 1.54) is 174 Å². The van der Waals surface area contributed by atoms with E-state index in [1.54, 1.807) is 0 Å². The summed E-state index contributed by atoms with van der Waals surface area (Å²) in [5.74, 6) is 4.15. The Morgan fingerprint density at radius 2 is 0.670 bits per heavy atom. The third kappa shape index (κ3) is 59.1. The zero-order valence-electron chi connectivity index (χ0n) is 67.6. The highest BCUT2D eigenvalue weighted by atomic mass is 19.4. The highest BCUT2D eigenvalue weighted by Crippen LogP contribution is 2.59. The molecule has 0 amide bonds. The molecule has 0 aromatic heterocycles. The molecule has 9 aliphatic carbocycles. The summed E-state index contributed by atoms with van der Waals surface area (Å²) >= 11 is 0. The number of hydrogen-bond donors (Lipinski definition) is 10. The van der Waals surface area contributed by atoms with Gasteiger partial charge in [-0.15, -0.1) is 13.2 Å². The van der Waals surface area contributed by atoms with Crippen molar-refractivity contribution >= 4 is 0 Å². The Morgan fingerprint density at radius 3 is 0.950 bits per heavy atom. The van der Waals surface area contributed by atoms with Gasteiger partial charge in [-0.1, -0.05) is 215 Å². The van der Waals surface area contributed by atoms with E-state index in [2.05, 4.69) is 163 Å². The van der Waals surface area contributed by atoms with E-state index in [0.29, 0.717) is 92.4 Å². The van der Waals surface area contributed by atoms with Gasteiger partial charge in [-0.25, -0.2) is 8.78 Å². The Labute approximate surface area is 610 Å². The van der Waals surface area contributed by atoms with Crippen LogP contribution in [0.3, 0.4) is 0 Å². The number of rotatable bonds is 36. The van der Waals surface area contributed by atoms with Gasteiger partial charge in [0.15, 0.2) is 0 Å². The van der Waals surface area contributed by atoms with Crippen LogP contribution in [0.4, 0.5) is 35.1 Å². The van der Waals surface area contributed by atoms with E-state index in [9.17, 15) is 40.2 Å². The predicted molar refractivity (Wildman–Crippen MR) is 410 cm³/mol. The normalized spacial score (nSPS) is 21.5. The Bertz CT molecular complexity index is 1850. The summed E-state index contributed by atoms with van der Waals surface area (Å²) in [6, 6.07) is 5.00. The molecule has 19 heteroatoms. The number of aliphatic hydroxyl groups excluding tert-OH is 1. The van der Waals surface area contributed by atoms with Crippen molar-refractivity contribution in [2.24, 2.45) is 52.8 Å². The zero-order chi connectivity index (χ0) is 75.3. The van der Waals surface area contributed by atoms with E-state index in [4.69, 9.17) is 0 Å². The number of hydrogen-bond acceptors (Lipinski definition) is 11. The van der Waals surface area contributed by atoms with E-state index in [-0.39, 0.29) is 37.3 Å². The van der Waals surface area contributed by atoms with Gasteiger partial charge in [-0.05, 0) is 196 Å². The Kier molecular flexibility index (Phi) is 52.9. The summed E-state index contributed by atoms with van der Waals surface area (Å²) in [5, 5.41) is 39.3. The van der Waals surface area contributed by atoms with E-state index in [1.807, 2.05) is 13.8 Å². The zero-order valence-corrected chi connectivity index (χ0v) is 67.6. The smallest absolute Gasteiger partial charge is 0.392 e. The standard InChI is InChI=1S/C11H23N.C10H18F3NO.C10H21N.C9H16F3N.C9H17F2N.C9H19N.C8H17NO.C8H17N.C7H15N/c1-10(2)12-9-8-11-6-4-3-5-7-11;1-7(2)14-4-3-8-5-9(6-8)15-10(11,12)13;1-9(2)11-8-7-10-5-3-4-6-10;1-7(2)13-6-5-8(3-4-8)9(10,11)12;1-7(2)12-4-3-8-5-9(10,11)6-8;1-8(2)10-7-6-9-4-3-5-9;1-6(2)9-5-8(10)7-3-4-7;1-7(2)9-6-5-8-3-4-8;1-6(2)8-5-7-3-4-7/h10-12H,3-9H2,1-2H3;7-9,14H,3-6H2,1-2H3;9-11H,3-8H2,1-2H3;7,13H,3-6H2,1-2H3;7-8,12H,3-6H2,1-2H3;8-10H,3-7H2,1-2H3;6-10H,3-5H2,1-2H3;7-9H,3-6H2,1-2H3;6-8H,3-5H2,1-2H3. The first kappa shape index (κ1) is 97.0. The molecule has 9 rings (SSSR count). The maximum Gasteiger partial charge on any atom is 0.522 e. The third-order valence-corrected chi connectivity index (χ3v) is 20.4. The number of aliphatic hydroxyl groups is 1. The molecule has 600 valence electrons. The maximum atomic E-state index is 12.4. The topological polar surface area (TPSA) is 138 Å². The summed E-state index contributed by atoms with van der Waals surface area (Å²) < 4.78 is 101. The lowest BCUT2D eigenvalue weighted by Crippen LogP contribution is -2.37. The molecule has 0 heterocycles. The van der Waals surface area contributed by atoms with Gasteiger partial charge in [0, 0.05) is 73.8 Å². The van der Waals surface area contributed by atoms with Crippen LogP contribution in [0.15, 0.2) is 0 Å². The molecule has 9 aliphatic rings. The molecule has 0 spiro atoms. The van der Waals surface area contributed by atoms with Gasteiger partial charge in [0.1, 0.15) is 0 Å². The van der Waals surface area contributed by atoms with Crippen molar-refractivity contribution in [3.8, 4) is 0 Å². The molecule has 0 bridgehead atoms. The Balaban J connectivity index is 0.000000565. The number of alkyl halides is 8. The van der Waals surface area contributed by atoms with Crippen LogP contribution in [0.2, 0.25) is 0 Å².